The lowest BCUT2D eigenvalue weighted by Gasteiger charge is -2.35. The smallest absolute Gasteiger partial charge is 0.325 e. The fourth-order valence-electron chi connectivity index (χ4n) is 2.42. The van der Waals surface area contributed by atoms with Crippen LogP contribution in [0.1, 0.15) is 0 Å². The molecule has 2 N–H and O–H groups in total. The van der Waals surface area contributed by atoms with Gasteiger partial charge in [-0.25, -0.2) is 4.79 Å². The van der Waals surface area contributed by atoms with Crippen molar-refractivity contribution >= 4 is 17.9 Å². The lowest BCUT2D eigenvalue weighted by Crippen LogP contribution is -2.64. The molecule has 2 rings (SSSR count). The summed E-state index contributed by atoms with van der Waals surface area (Å²) in [6.07, 6.45) is 1.32. The van der Waals surface area contributed by atoms with Crippen LogP contribution in [0.4, 0.5) is 4.79 Å². The molecule has 2 unspecified atom stereocenters. The van der Waals surface area contributed by atoms with Crippen LogP contribution >= 0.6 is 0 Å². The third kappa shape index (κ3) is 2.99. The van der Waals surface area contributed by atoms with Crippen LogP contribution in [0, 0.1) is 0 Å². The summed E-state index contributed by atoms with van der Waals surface area (Å²) in [5.41, 5.74) is 0. The zero-order valence-corrected chi connectivity index (χ0v) is 12.7. The first-order valence-corrected chi connectivity index (χ1v) is 6.86. The SMILES string of the molecule is C=CCN1C(=NCCN(C)C)NC2C1C(=O)NC(=O)N2C. The summed E-state index contributed by atoms with van der Waals surface area (Å²) in [7, 11) is 5.61. The number of hydrogen-bond donors (Lipinski definition) is 2. The van der Waals surface area contributed by atoms with E-state index in [1.54, 1.807) is 13.1 Å². The minimum Gasteiger partial charge on any atom is -0.333 e. The quantitative estimate of drug-likeness (QED) is 0.627. The van der Waals surface area contributed by atoms with E-state index in [0.29, 0.717) is 19.0 Å². The molecule has 0 saturated carbocycles. The number of hydrogen-bond acceptors (Lipinski definition) is 4. The Morgan fingerprint density at radius 1 is 1.43 bits per heavy atom. The molecule has 0 aliphatic carbocycles. The maximum atomic E-state index is 12.1. The van der Waals surface area contributed by atoms with Gasteiger partial charge in [-0.3, -0.25) is 15.1 Å². The molecule has 0 radical (unpaired) electrons. The van der Waals surface area contributed by atoms with E-state index in [1.807, 2.05) is 23.9 Å². The van der Waals surface area contributed by atoms with Crippen LogP contribution < -0.4 is 10.6 Å². The van der Waals surface area contributed by atoms with Crippen molar-refractivity contribution in [3.63, 3.8) is 0 Å². The van der Waals surface area contributed by atoms with Crippen molar-refractivity contribution in [1.82, 2.24) is 25.3 Å². The molecule has 116 valence electrons. The van der Waals surface area contributed by atoms with Gasteiger partial charge >= 0.3 is 6.03 Å². The third-order valence-electron chi connectivity index (χ3n) is 3.55. The van der Waals surface area contributed by atoms with E-state index in [2.05, 4.69) is 22.2 Å². The van der Waals surface area contributed by atoms with Crippen LogP contribution in [-0.4, -0.2) is 85.6 Å². The van der Waals surface area contributed by atoms with Crippen molar-refractivity contribution in [3.05, 3.63) is 12.7 Å². The second kappa shape index (κ2) is 6.13. The number of rotatable bonds is 5. The van der Waals surface area contributed by atoms with E-state index in [-0.39, 0.29) is 5.91 Å². The fraction of sp³-hybridized carbons (Fsp3) is 0.615. The van der Waals surface area contributed by atoms with Gasteiger partial charge in [0.25, 0.3) is 5.91 Å². The topological polar surface area (TPSA) is 80.3 Å². The molecule has 0 aromatic heterocycles. The standard InChI is InChI=1S/C13H22N6O2/c1-5-7-19-9-10(18(4)13(21)16-11(9)20)15-12(19)14-6-8-17(2)3/h5,9-10H,1,6-8H2,2-4H3,(H,14,15)(H,16,20,21). The highest BCUT2D eigenvalue weighted by Crippen LogP contribution is 2.20. The van der Waals surface area contributed by atoms with Crippen LogP contribution in [0.25, 0.3) is 0 Å². The van der Waals surface area contributed by atoms with Gasteiger partial charge in [-0.15, -0.1) is 6.58 Å². The van der Waals surface area contributed by atoms with E-state index < -0.39 is 18.2 Å². The number of nitrogens with zero attached hydrogens (tertiary/aromatic N) is 4. The molecule has 0 bridgehead atoms. The Morgan fingerprint density at radius 2 is 2.14 bits per heavy atom. The number of carbonyl (C=O) groups is 2. The maximum Gasteiger partial charge on any atom is 0.325 e. The first-order chi connectivity index (χ1) is 9.95. The number of guanidine groups is 1. The minimum absolute atomic E-state index is 0.310. The molecular formula is C13H22N6O2. The Bertz CT molecular complexity index is 475. The van der Waals surface area contributed by atoms with Crippen molar-refractivity contribution in [2.45, 2.75) is 12.2 Å². The summed E-state index contributed by atoms with van der Waals surface area (Å²) in [5, 5.41) is 5.52. The van der Waals surface area contributed by atoms with E-state index in [1.165, 1.54) is 4.90 Å². The Hall–Kier alpha value is -2.09. The van der Waals surface area contributed by atoms with Crippen LogP contribution in [0.15, 0.2) is 17.6 Å². The predicted octanol–water partition coefficient (Wildman–Crippen LogP) is -1.13. The van der Waals surface area contributed by atoms with Crippen molar-refractivity contribution in [3.8, 4) is 0 Å². The number of aliphatic imine (C=N–C) groups is 1. The highest BCUT2D eigenvalue weighted by atomic mass is 16.2. The van der Waals surface area contributed by atoms with Crippen molar-refractivity contribution in [2.24, 2.45) is 4.99 Å². The van der Waals surface area contributed by atoms with Gasteiger partial charge in [0.15, 0.2) is 12.0 Å². The molecule has 2 fully saturated rings. The molecule has 8 heteroatoms. The largest absolute Gasteiger partial charge is 0.333 e. The molecule has 0 aromatic rings. The number of imide groups is 1. The lowest BCUT2D eigenvalue weighted by atomic mass is 10.1. The molecule has 0 aromatic carbocycles. The number of urea groups is 1. The van der Waals surface area contributed by atoms with E-state index >= 15 is 0 Å². The predicted molar refractivity (Wildman–Crippen MR) is 79.8 cm³/mol. The second-order valence-electron chi connectivity index (χ2n) is 5.39. The van der Waals surface area contributed by atoms with Crippen LogP contribution in [0.3, 0.4) is 0 Å². The van der Waals surface area contributed by atoms with Gasteiger partial charge in [0.1, 0.15) is 6.17 Å². The summed E-state index contributed by atoms with van der Waals surface area (Å²) in [6, 6.07) is -0.884. The van der Waals surface area contributed by atoms with Gasteiger partial charge < -0.3 is 20.0 Å². The van der Waals surface area contributed by atoms with Crippen molar-refractivity contribution in [1.29, 1.82) is 0 Å². The molecule has 2 heterocycles. The van der Waals surface area contributed by atoms with Crippen molar-refractivity contribution in [2.75, 3.05) is 40.8 Å². The zero-order valence-electron chi connectivity index (χ0n) is 12.7. The highest BCUT2D eigenvalue weighted by molar-refractivity contribution is 6.04. The number of likely N-dealkylation sites (N-methyl/N-ethyl adjacent to an activating group) is 2. The molecule has 3 amide bonds. The Morgan fingerprint density at radius 3 is 2.76 bits per heavy atom. The minimum atomic E-state index is -0.483. The van der Waals surface area contributed by atoms with E-state index in [4.69, 9.17) is 0 Å². The molecule has 2 aliphatic rings. The highest BCUT2D eigenvalue weighted by Gasteiger charge is 2.49. The molecule has 2 saturated heterocycles. The van der Waals surface area contributed by atoms with Crippen LogP contribution in [0.2, 0.25) is 0 Å². The summed E-state index contributed by atoms with van der Waals surface area (Å²) in [4.78, 5) is 33.7. The second-order valence-corrected chi connectivity index (χ2v) is 5.39. The number of nitrogens with one attached hydrogen (secondary N) is 2. The number of fused-ring (bicyclic) bond motifs is 1. The summed E-state index contributed by atoms with van der Waals surface area (Å²) < 4.78 is 0. The van der Waals surface area contributed by atoms with Gasteiger partial charge in [-0.2, -0.15) is 0 Å². The normalized spacial score (nSPS) is 27.0. The molecule has 0 spiro atoms. The maximum absolute atomic E-state index is 12.1. The first kappa shape index (κ1) is 15.3. The molecular weight excluding hydrogens is 272 g/mol. The Balaban J connectivity index is 2.21. The monoisotopic (exact) mass is 294 g/mol. The molecule has 2 atom stereocenters. The van der Waals surface area contributed by atoms with Gasteiger partial charge in [-0.05, 0) is 14.1 Å². The number of amides is 3. The summed E-state index contributed by atoms with van der Waals surface area (Å²) >= 11 is 0. The zero-order chi connectivity index (χ0) is 15.6. The molecule has 8 nitrogen and oxygen atoms in total. The first-order valence-electron chi connectivity index (χ1n) is 6.86. The van der Waals surface area contributed by atoms with Gasteiger partial charge in [0, 0.05) is 20.1 Å². The fourth-order valence-corrected chi connectivity index (χ4v) is 2.42. The average molecular weight is 294 g/mol. The van der Waals surface area contributed by atoms with E-state index in [0.717, 1.165) is 6.54 Å². The third-order valence-corrected chi connectivity index (χ3v) is 3.55. The van der Waals surface area contributed by atoms with Crippen LogP contribution in [-0.2, 0) is 4.79 Å². The van der Waals surface area contributed by atoms with E-state index in [9.17, 15) is 9.59 Å². The Kier molecular flexibility index (Phi) is 4.46. The van der Waals surface area contributed by atoms with Crippen LogP contribution in [0.5, 0.6) is 0 Å². The lowest BCUT2D eigenvalue weighted by molar-refractivity contribution is -0.126. The average Bonchev–Trinajstić information content (AvgIpc) is 2.76. The summed E-state index contributed by atoms with van der Waals surface area (Å²) in [5.74, 6) is 0.318. The number of carbonyl (C=O) groups excluding carboxylic acids is 2. The molecule has 21 heavy (non-hydrogen) atoms. The van der Waals surface area contributed by atoms with Gasteiger partial charge in [0.2, 0.25) is 0 Å². The van der Waals surface area contributed by atoms with Gasteiger partial charge in [-0.1, -0.05) is 6.08 Å². The van der Waals surface area contributed by atoms with Gasteiger partial charge in [0.05, 0.1) is 6.54 Å². The molecule has 2 aliphatic heterocycles. The van der Waals surface area contributed by atoms with Crippen molar-refractivity contribution < 1.29 is 9.59 Å². The Labute approximate surface area is 124 Å². The summed E-state index contributed by atoms with van der Waals surface area (Å²) in [6.45, 7) is 5.63.